The van der Waals surface area contributed by atoms with Crippen molar-refractivity contribution in [2.75, 3.05) is 24.1 Å². The lowest BCUT2D eigenvalue weighted by atomic mass is 10.1. The van der Waals surface area contributed by atoms with Crippen LogP contribution in [-0.4, -0.2) is 40.0 Å². The number of carbonyl (C=O) groups excluding carboxylic acids is 2. The van der Waals surface area contributed by atoms with Crippen molar-refractivity contribution < 1.29 is 18.7 Å². The van der Waals surface area contributed by atoms with Gasteiger partial charge in [0.15, 0.2) is 17.3 Å². The Morgan fingerprint density at radius 3 is 2.49 bits per heavy atom. The van der Waals surface area contributed by atoms with Gasteiger partial charge in [0, 0.05) is 41.0 Å². The summed E-state index contributed by atoms with van der Waals surface area (Å²) in [4.78, 5) is 27.0. The predicted molar refractivity (Wildman–Crippen MR) is 131 cm³/mol. The third-order valence-electron chi connectivity index (χ3n) is 5.59. The minimum Gasteiger partial charge on any atom is -0.482 e. The van der Waals surface area contributed by atoms with Gasteiger partial charge in [0.05, 0.1) is 5.02 Å². The van der Waals surface area contributed by atoms with Gasteiger partial charge in [0.1, 0.15) is 11.9 Å². The molecule has 1 unspecified atom stereocenters. The zero-order valence-electron chi connectivity index (χ0n) is 18.7. The molecule has 1 aromatic heterocycles. The van der Waals surface area contributed by atoms with E-state index in [1.54, 1.807) is 31.2 Å². The fourth-order valence-electron chi connectivity index (χ4n) is 3.75. The van der Waals surface area contributed by atoms with E-state index in [2.05, 4.69) is 15.5 Å². The van der Waals surface area contributed by atoms with E-state index < -0.39 is 17.8 Å². The molecule has 1 aliphatic rings. The number of likely N-dealkylation sites (tertiary alicyclic amines) is 1. The number of nitrogens with two attached hydrogens (primary N) is 1. The van der Waals surface area contributed by atoms with E-state index >= 15 is 0 Å². The van der Waals surface area contributed by atoms with Crippen LogP contribution in [-0.2, 0) is 0 Å². The maximum Gasteiger partial charge on any atom is 0.276 e. The number of hydrogen-bond acceptors (Lipinski definition) is 6. The van der Waals surface area contributed by atoms with Gasteiger partial charge in [0.2, 0.25) is 0 Å². The monoisotopic (exact) mass is 517 g/mol. The Labute approximate surface area is 211 Å². The predicted octanol–water partition coefficient (Wildman–Crippen LogP) is 5.13. The van der Waals surface area contributed by atoms with Crippen LogP contribution in [0.2, 0.25) is 10.0 Å². The number of halogens is 3. The number of nitrogen functional groups attached to an aromatic ring is 1. The summed E-state index contributed by atoms with van der Waals surface area (Å²) in [6.07, 6.45) is 1.22. The lowest BCUT2D eigenvalue weighted by molar-refractivity contribution is 0.0792. The first-order valence-electron chi connectivity index (χ1n) is 10.9. The van der Waals surface area contributed by atoms with Crippen molar-refractivity contribution in [2.24, 2.45) is 0 Å². The van der Waals surface area contributed by atoms with E-state index in [9.17, 15) is 14.0 Å². The number of rotatable bonds is 6. The standard InChI is InChI=1S/C24H22Cl2FN5O3/c1-13(20-16(25)8-9-17(27)21(20)26)35-19-12-18(30-31-22(19)28)23(33)29-15-6-4-14(5-7-15)24(34)32-10-2-3-11-32/h4-9,12-13H,2-3,10-11H2,1H3,(H2,28,31)(H,29,33). The van der Waals surface area contributed by atoms with Gasteiger partial charge in [-0.1, -0.05) is 23.2 Å². The average Bonchev–Trinajstić information content (AvgIpc) is 3.38. The lowest BCUT2D eigenvalue weighted by Crippen LogP contribution is -2.27. The van der Waals surface area contributed by atoms with Crippen LogP contribution in [0.1, 0.15) is 52.3 Å². The van der Waals surface area contributed by atoms with Crippen molar-refractivity contribution in [2.45, 2.75) is 25.9 Å². The molecule has 1 atom stereocenters. The van der Waals surface area contributed by atoms with Crippen LogP contribution in [0.5, 0.6) is 5.75 Å². The summed E-state index contributed by atoms with van der Waals surface area (Å²) in [5, 5.41) is 10.3. The first-order chi connectivity index (χ1) is 16.7. The number of hydrogen-bond donors (Lipinski definition) is 2. The third kappa shape index (κ3) is 5.47. The first kappa shape index (κ1) is 24.7. The Hall–Kier alpha value is -3.43. The van der Waals surface area contributed by atoms with Crippen molar-refractivity contribution in [3.63, 3.8) is 0 Å². The second-order valence-electron chi connectivity index (χ2n) is 8.03. The SMILES string of the molecule is CC(Oc1cc(C(=O)Nc2ccc(C(=O)N3CCCC3)cc2)nnc1N)c1c(Cl)ccc(F)c1Cl. The summed E-state index contributed by atoms with van der Waals surface area (Å²) < 4.78 is 19.7. The molecule has 3 aromatic rings. The molecule has 11 heteroatoms. The van der Waals surface area contributed by atoms with Gasteiger partial charge in [0.25, 0.3) is 11.8 Å². The molecular formula is C24H22Cl2FN5O3. The summed E-state index contributed by atoms with van der Waals surface area (Å²) >= 11 is 12.2. The lowest BCUT2D eigenvalue weighted by Gasteiger charge is -2.19. The smallest absolute Gasteiger partial charge is 0.276 e. The Morgan fingerprint density at radius 2 is 1.80 bits per heavy atom. The van der Waals surface area contributed by atoms with Crippen LogP contribution >= 0.6 is 23.2 Å². The highest BCUT2D eigenvalue weighted by molar-refractivity contribution is 6.36. The summed E-state index contributed by atoms with van der Waals surface area (Å²) in [7, 11) is 0. The topological polar surface area (TPSA) is 110 Å². The maximum absolute atomic E-state index is 13.9. The second kappa shape index (κ2) is 10.5. The zero-order valence-corrected chi connectivity index (χ0v) is 20.2. The molecule has 3 N–H and O–H groups in total. The highest BCUT2D eigenvalue weighted by Gasteiger charge is 2.22. The molecule has 1 fully saturated rings. The molecule has 2 amide bonds. The van der Waals surface area contributed by atoms with Crippen LogP contribution < -0.4 is 15.8 Å². The number of nitrogens with zero attached hydrogens (tertiary/aromatic N) is 3. The minimum absolute atomic E-state index is 0.0285. The number of anilines is 2. The van der Waals surface area contributed by atoms with E-state index in [0.717, 1.165) is 32.0 Å². The molecule has 0 bridgehead atoms. The van der Waals surface area contributed by atoms with Crippen LogP contribution in [0, 0.1) is 5.82 Å². The van der Waals surface area contributed by atoms with Crippen molar-refractivity contribution in [1.82, 2.24) is 15.1 Å². The van der Waals surface area contributed by atoms with Gasteiger partial charge in [-0.15, -0.1) is 10.2 Å². The fourth-order valence-corrected chi connectivity index (χ4v) is 4.43. The molecule has 182 valence electrons. The summed E-state index contributed by atoms with van der Waals surface area (Å²) in [6, 6.07) is 10.4. The first-order valence-corrected chi connectivity index (χ1v) is 11.6. The van der Waals surface area contributed by atoms with Gasteiger partial charge in [-0.2, -0.15) is 0 Å². The Bertz CT molecular complexity index is 1270. The number of ether oxygens (including phenoxy) is 1. The Kier molecular flexibility index (Phi) is 7.37. The van der Waals surface area contributed by atoms with Gasteiger partial charge < -0.3 is 20.7 Å². The molecule has 2 aromatic carbocycles. The molecule has 0 saturated carbocycles. The number of aromatic nitrogens is 2. The number of nitrogens with one attached hydrogen (secondary N) is 1. The number of carbonyl (C=O) groups is 2. The van der Waals surface area contributed by atoms with Gasteiger partial charge >= 0.3 is 0 Å². The molecule has 2 heterocycles. The van der Waals surface area contributed by atoms with Gasteiger partial charge in [-0.3, -0.25) is 9.59 Å². The summed E-state index contributed by atoms with van der Waals surface area (Å²) in [5.74, 6) is -1.24. The summed E-state index contributed by atoms with van der Waals surface area (Å²) in [5.41, 5.74) is 7.07. The minimum atomic E-state index is -0.797. The molecule has 0 spiro atoms. The van der Waals surface area contributed by atoms with Gasteiger partial charge in [-0.05, 0) is 56.2 Å². The van der Waals surface area contributed by atoms with Crippen molar-refractivity contribution in [3.05, 3.63) is 75.1 Å². The molecule has 0 radical (unpaired) electrons. The molecule has 0 aliphatic carbocycles. The van der Waals surface area contributed by atoms with Crippen LogP contribution in [0.3, 0.4) is 0 Å². The maximum atomic E-state index is 13.9. The molecule has 1 aliphatic heterocycles. The molecular weight excluding hydrogens is 496 g/mol. The van der Waals surface area contributed by atoms with Crippen molar-refractivity contribution in [1.29, 1.82) is 0 Å². The summed E-state index contributed by atoms with van der Waals surface area (Å²) in [6.45, 7) is 3.12. The third-order valence-corrected chi connectivity index (χ3v) is 6.30. The quantitative estimate of drug-likeness (QED) is 0.438. The molecule has 8 nitrogen and oxygen atoms in total. The largest absolute Gasteiger partial charge is 0.482 e. The highest BCUT2D eigenvalue weighted by atomic mass is 35.5. The number of benzene rings is 2. The van der Waals surface area contributed by atoms with Crippen molar-refractivity contribution >= 4 is 46.5 Å². The van der Waals surface area contributed by atoms with E-state index in [4.69, 9.17) is 33.7 Å². The van der Waals surface area contributed by atoms with Crippen LogP contribution in [0.15, 0.2) is 42.5 Å². The zero-order chi connectivity index (χ0) is 25.1. The normalized spacial score (nSPS) is 14.0. The van der Waals surface area contributed by atoms with E-state index in [0.29, 0.717) is 11.3 Å². The van der Waals surface area contributed by atoms with E-state index in [1.807, 2.05) is 4.90 Å². The number of amides is 2. The average molecular weight is 518 g/mol. The molecule has 1 saturated heterocycles. The van der Waals surface area contributed by atoms with Crippen molar-refractivity contribution in [3.8, 4) is 5.75 Å². The van der Waals surface area contributed by atoms with E-state index in [1.165, 1.54) is 12.1 Å². The van der Waals surface area contributed by atoms with Crippen LogP contribution in [0.25, 0.3) is 0 Å². The Morgan fingerprint density at radius 1 is 1.11 bits per heavy atom. The molecule has 35 heavy (non-hydrogen) atoms. The Balaban J connectivity index is 1.47. The fraction of sp³-hybridized carbons (Fsp3) is 0.250. The van der Waals surface area contributed by atoms with Crippen LogP contribution in [0.4, 0.5) is 15.9 Å². The van der Waals surface area contributed by atoms with E-state index in [-0.39, 0.29) is 38.8 Å². The molecule has 4 rings (SSSR count). The highest BCUT2D eigenvalue weighted by Crippen LogP contribution is 2.35. The second-order valence-corrected chi connectivity index (χ2v) is 8.81. The van der Waals surface area contributed by atoms with Gasteiger partial charge in [-0.25, -0.2) is 4.39 Å².